The van der Waals surface area contributed by atoms with E-state index in [4.69, 9.17) is 32.7 Å². The monoisotopic (exact) mass is 375 g/mol. The van der Waals surface area contributed by atoms with Crippen molar-refractivity contribution in [2.45, 2.75) is 11.4 Å². The van der Waals surface area contributed by atoms with E-state index in [-0.39, 0.29) is 17.2 Å². The Bertz CT molecular complexity index is 809. The maximum Gasteiger partial charge on any atom is 0.244 e. The van der Waals surface area contributed by atoms with Crippen LogP contribution in [0.3, 0.4) is 0 Å². The van der Waals surface area contributed by atoms with Crippen LogP contribution < -0.4 is 14.2 Å². The fourth-order valence-electron chi connectivity index (χ4n) is 1.90. The number of sulfonamides is 1. The zero-order valence-electron chi connectivity index (χ0n) is 12.5. The first kappa shape index (κ1) is 17.9. The molecule has 5 nitrogen and oxygen atoms in total. The molecule has 0 aliphatic rings. The first-order chi connectivity index (χ1) is 10.9. The lowest BCUT2D eigenvalue weighted by Gasteiger charge is -2.12. The van der Waals surface area contributed by atoms with E-state index in [1.807, 2.05) is 0 Å². The van der Waals surface area contributed by atoms with Crippen LogP contribution in [-0.2, 0) is 16.6 Å². The van der Waals surface area contributed by atoms with E-state index >= 15 is 0 Å². The quantitative estimate of drug-likeness (QED) is 0.838. The SMILES string of the molecule is COc1ccc(OC)c(S(=O)(=O)NCc2ccc(Cl)c(Cl)c2)c1. The maximum atomic E-state index is 12.5. The summed E-state index contributed by atoms with van der Waals surface area (Å²) in [6.07, 6.45) is 0. The van der Waals surface area contributed by atoms with Crippen molar-refractivity contribution in [1.29, 1.82) is 0 Å². The molecule has 23 heavy (non-hydrogen) atoms. The highest BCUT2D eigenvalue weighted by Crippen LogP contribution is 2.28. The molecule has 2 rings (SSSR count). The third kappa shape index (κ3) is 4.29. The molecule has 2 aromatic rings. The van der Waals surface area contributed by atoms with Crippen molar-refractivity contribution in [2.75, 3.05) is 14.2 Å². The van der Waals surface area contributed by atoms with Gasteiger partial charge >= 0.3 is 0 Å². The van der Waals surface area contributed by atoms with Crippen molar-refractivity contribution in [3.8, 4) is 11.5 Å². The molecule has 0 saturated heterocycles. The highest BCUT2D eigenvalue weighted by Gasteiger charge is 2.20. The van der Waals surface area contributed by atoms with E-state index in [1.54, 1.807) is 24.3 Å². The summed E-state index contributed by atoms with van der Waals surface area (Å²) >= 11 is 11.8. The molecule has 0 spiro atoms. The molecule has 0 radical (unpaired) electrons. The minimum Gasteiger partial charge on any atom is -0.497 e. The number of methoxy groups -OCH3 is 2. The summed E-state index contributed by atoms with van der Waals surface area (Å²) in [5, 5.41) is 0.773. The maximum absolute atomic E-state index is 12.5. The van der Waals surface area contributed by atoms with Crippen LogP contribution in [0.1, 0.15) is 5.56 Å². The summed E-state index contributed by atoms with van der Waals surface area (Å²) in [4.78, 5) is -0.000546. The summed E-state index contributed by atoms with van der Waals surface area (Å²) in [5.74, 6) is 0.646. The van der Waals surface area contributed by atoms with Crippen molar-refractivity contribution >= 4 is 33.2 Å². The Morgan fingerprint density at radius 2 is 1.74 bits per heavy atom. The fraction of sp³-hybridized carbons (Fsp3) is 0.200. The molecule has 0 aliphatic carbocycles. The van der Waals surface area contributed by atoms with Crippen LogP contribution in [0.25, 0.3) is 0 Å². The van der Waals surface area contributed by atoms with Gasteiger partial charge in [-0.25, -0.2) is 13.1 Å². The molecule has 0 fully saturated rings. The molecule has 0 unspecified atom stereocenters. The topological polar surface area (TPSA) is 64.6 Å². The smallest absolute Gasteiger partial charge is 0.244 e. The van der Waals surface area contributed by atoms with E-state index in [0.717, 1.165) is 0 Å². The predicted molar refractivity (Wildman–Crippen MR) is 90.0 cm³/mol. The molecule has 2 aromatic carbocycles. The largest absolute Gasteiger partial charge is 0.497 e. The number of hydrogen-bond donors (Lipinski definition) is 1. The Kier molecular flexibility index (Phi) is 5.75. The van der Waals surface area contributed by atoms with Gasteiger partial charge < -0.3 is 9.47 Å². The average molecular weight is 376 g/mol. The van der Waals surface area contributed by atoms with Crippen LogP contribution in [0.4, 0.5) is 0 Å². The van der Waals surface area contributed by atoms with Gasteiger partial charge in [0.1, 0.15) is 16.4 Å². The zero-order chi connectivity index (χ0) is 17.0. The van der Waals surface area contributed by atoms with Crippen LogP contribution in [0.2, 0.25) is 10.0 Å². The van der Waals surface area contributed by atoms with E-state index in [9.17, 15) is 8.42 Å². The van der Waals surface area contributed by atoms with Crippen LogP contribution >= 0.6 is 23.2 Å². The van der Waals surface area contributed by atoms with E-state index in [1.165, 1.54) is 26.4 Å². The lowest BCUT2D eigenvalue weighted by atomic mass is 10.2. The molecule has 0 atom stereocenters. The summed E-state index contributed by atoms with van der Waals surface area (Å²) in [6, 6.07) is 9.47. The van der Waals surface area contributed by atoms with Gasteiger partial charge in [-0.1, -0.05) is 29.3 Å². The molecular weight excluding hydrogens is 361 g/mol. The van der Waals surface area contributed by atoms with Crippen LogP contribution in [-0.4, -0.2) is 22.6 Å². The number of nitrogens with one attached hydrogen (secondary N) is 1. The standard InChI is InChI=1S/C15H15Cl2NO4S/c1-21-11-4-6-14(22-2)15(8-11)23(19,20)18-9-10-3-5-12(16)13(17)7-10/h3-8,18H,9H2,1-2H3. The van der Waals surface area contributed by atoms with Crippen LogP contribution in [0.5, 0.6) is 11.5 Å². The second-order valence-corrected chi connectivity index (χ2v) is 7.14. The minimum absolute atomic E-state index is 0.000546. The fourth-order valence-corrected chi connectivity index (χ4v) is 3.42. The summed E-state index contributed by atoms with van der Waals surface area (Å²) in [7, 11) is -0.926. The van der Waals surface area contributed by atoms with Gasteiger partial charge in [0.25, 0.3) is 0 Å². The lowest BCUT2D eigenvalue weighted by molar-refractivity contribution is 0.392. The van der Waals surface area contributed by atoms with Crippen molar-refractivity contribution in [3.05, 3.63) is 52.0 Å². The second kappa shape index (κ2) is 7.40. The molecular formula is C15H15Cl2NO4S. The Hall–Kier alpha value is -1.47. The Balaban J connectivity index is 2.26. The minimum atomic E-state index is -3.79. The molecule has 0 bridgehead atoms. The Morgan fingerprint density at radius 1 is 1.00 bits per heavy atom. The first-order valence-electron chi connectivity index (χ1n) is 6.53. The number of hydrogen-bond acceptors (Lipinski definition) is 4. The molecule has 0 aromatic heterocycles. The van der Waals surface area contributed by atoms with E-state index in [2.05, 4.69) is 4.72 Å². The van der Waals surface area contributed by atoms with Crippen molar-refractivity contribution in [1.82, 2.24) is 4.72 Å². The first-order valence-corrected chi connectivity index (χ1v) is 8.77. The van der Waals surface area contributed by atoms with Crippen LogP contribution in [0, 0.1) is 0 Å². The average Bonchev–Trinajstić information content (AvgIpc) is 2.55. The zero-order valence-corrected chi connectivity index (χ0v) is 14.8. The number of halogens is 2. The van der Waals surface area contributed by atoms with Gasteiger partial charge in [0, 0.05) is 12.6 Å². The molecule has 1 N–H and O–H groups in total. The third-order valence-electron chi connectivity index (χ3n) is 3.11. The third-order valence-corrected chi connectivity index (χ3v) is 5.27. The van der Waals surface area contributed by atoms with E-state index in [0.29, 0.717) is 21.4 Å². The van der Waals surface area contributed by atoms with Gasteiger partial charge in [0.15, 0.2) is 0 Å². The molecule has 0 saturated carbocycles. The summed E-state index contributed by atoms with van der Waals surface area (Å²) in [6.45, 7) is 0.0690. The number of rotatable bonds is 6. The summed E-state index contributed by atoms with van der Waals surface area (Å²) < 4.78 is 37.7. The normalized spacial score (nSPS) is 11.3. The van der Waals surface area contributed by atoms with Crippen molar-refractivity contribution in [2.24, 2.45) is 0 Å². The van der Waals surface area contributed by atoms with E-state index < -0.39 is 10.0 Å². The van der Waals surface area contributed by atoms with Crippen molar-refractivity contribution in [3.63, 3.8) is 0 Å². The highest BCUT2D eigenvalue weighted by atomic mass is 35.5. The molecule has 124 valence electrons. The van der Waals surface area contributed by atoms with Gasteiger partial charge in [-0.05, 0) is 29.8 Å². The van der Waals surface area contributed by atoms with Crippen molar-refractivity contribution < 1.29 is 17.9 Å². The van der Waals surface area contributed by atoms with Gasteiger partial charge in [-0.3, -0.25) is 0 Å². The Morgan fingerprint density at radius 3 is 2.35 bits per heavy atom. The van der Waals surface area contributed by atoms with Crippen LogP contribution in [0.15, 0.2) is 41.3 Å². The highest BCUT2D eigenvalue weighted by molar-refractivity contribution is 7.89. The summed E-state index contributed by atoms with van der Waals surface area (Å²) in [5.41, 5.74) is 0.685. The van der Waals surface area contributed by atoms with Gasteiger partial charge in [0.05, 0.1) is 24.3 Å². The predicted octanol–water partition coefficient (Wildman–Crippen LogP) is 3.49. The molecule has 0 amide bonds. The van der Waals surface area contributed by atoms with Gasteiger partial charge in [-0.15, -0.1) is 0 Å². The number of benzene rings is 2. The second-order valence-electron chi connectivity index (χ2n) is 4.59. The van der Waals surface area contributed by atoms with Gasteiger partial charge in [0.2, 0.25) is 10.0 Å². The molecule has 8 heteroatoms. The molecule has 0 heterocycles. The lowest BCUT2D eigenvalue weighted by Crippen LogP contribution is -2.23. The van der Waals surface area contributed by atoms with Gasteiger partial charge in [-0.2, -0.15) is 0 Å². The Labute approximate surface area is 145 Å². The number of ether oxygens (including phenoxy) is 2. The molecule has 0 aliphatic heterocycles.